The number of carboxylic acids is 2. The minimum absolute atomic E-state index is 0.0257. The van der Waals surface area contributed by atoms with Crippen molar-refractivity contribution in [3.8, 4) is 0 Å². The smallest absolute Gasteiger partial charge is 0.323 e. The van der Waals surface area contributed by atoms with Gasteiger partial charge in [0, 0.05) is 58.4 Å². The standard InChI is InChI=1S/C19H38N4O10/c1-15(13-32-30)21-6-8-22(16(11-24)14-33-31)4-2-20(10-18(26)27)3-5-23(9-7-21)17(12-25)19(28)29/h15-17,24-25,30-31H,2-14H2,1H3,(H,26,27)(H,28,29). The molecule has 14 heteroatoms. The van der Waals surface area contributed by atoms with Crippen LogP contribution in [0.25, 0.3) is 0 Å². The van der Waals surface area contributed by atoms with E-state index in [1.165, 1.54) is 0 Å². The van der Waals surface area contributed by atoms with Crippen LogP contribution in [0.2, 0.25) is 0 Å². The van der Waals surface area contributed by atoms with Gasteiger partial charge in [0.05, 0.1) is 39.0 Å². The Labute approximate surface area is 193 Å². The molecule has 3 atom stereocenters. The largest absolute Gasteiger partial charge is 0.480 e. The van der Waals surface area contributed by atoms with Gasteiger partial charge in [0.1, 0.15) is 6.04 Å². The quantitative estimate of drug-likeness (QED) is 0.126. The van der Waals surface area contributed by atoms with Gasteiger partial charge in [-0.15, -0.1) is 0 Å². The Hall–Kier alpha value is -1.46. The molecule has 33 heavy (non-hydrogen) atoms. The zero-order valence-corrected chi connectivity index (χ0v) is 19.0. The minimum Gasteiger partial charge on any atom is -0.480 e. The van der Waals surface area contributed by atoms with Gasteiger partial charge in [-0.05, 0) is 6.92 Å². The number of carbonyl (C=O) groups is 2. The van der Waals surface area contributed by atoms with E-state index in [1.54, 1.807) is 9.80 Å². The lowest BCUT2D eigenvalue weighted by atomic mass is 10.2. The van der Waals surface area contributed by atoms with Crippen molar-refractivity contribution in [1.82, 2.24) is 19.6 Å². The van der Waals surface area contributed by atoms with E-state index in [-0.39, 0.29) is 52.0 Å². The fourth-order valence-electron chi connectivity index (χ4n) is 3.89. The normalized spacial score (nSPS) is 21.6. The molecule has 1 aliphatic heterocycles. The number of nitrogens with zero attached hydrogens (tertiary/aromatic N) is 4. The third-order valence-corrected chi connectivity index (χ3v) is 5.95. The predicted molar refractivity (Wildman–Crippen MR) is 115 cm³/mol. The summed E-state index contributed by atoms with van der Waals surface area (Å²) < 4.78 is 0. The number of hydrogen-bond acceptors (Lipinski definition) is 12. The van der Waals surface area contributed by atoms with Crippen molar-refractivity contribution in [3.63, 3.8) is 0 Å². The fourth-order valence-corrected chi connectivity index (χ4v) is 3.89. The second-order valence-electron chi connectivity index (χ2n) is 8.09. The van der Waals surface area contributed by atoms with Crippen LogP contribution in [0.5, 0.6) is 0 Å². The molecule has 0 saturated carbocycles. The van der Waals surface area contributed by atoms with Crippen molar-refractivity contribution in [2.75, 3.05) is 85.3 Å². The topological polar surface area (TPSA) is 187 Å². The van der Waals surface area contributed by atoms with Crippen LogP contribution in [0.1, 0.15) is 6.92 Å². The molecule has 0 spiro atoms. The number of aliphatic carboxylic acids is 2. The van der Waals surface area contributed by atoms with Gasteiger partial charge in [0.15, 0.2) is 0 Å². The van der Waals surface area contributed by atoms with Gasteiger partial charge >= 0.3 is 11.9 Å². The Morgan fingerprint density at radius 3 is 1.79 bits per heavy atom. The molecule has 0 aromatic heterocycles. The summed E-state index contributed by atoms with van der Waals surface area (Å²) in [4.78, 5) is 38.7. The average Bonchev–Trinajstić information content (AvgIpc) is 2.75. The van der Waals surface area contributed by atoms with E-state index in [1.807, 2.05) is 16.7 Å². The number of carboxylic acid groups (broad SMARTS) is 2. The van der Waals surface area contributed by atoms with Gasteiger partial charge in [-0.25, -0.2) is 9.78 Å². The molecule has 1 aliphatic rings. The third kappa shape index (κ3) is 10.6. The van der Waals surface area contributed by atoms with Gasteiger partial charge in [-0.1, -0.05) is 0 Å². The van der Waals surface area contributed by atoms with E-state index < -0.39 is 30.6 Å². The van der Waals surface area contributed by atoms with Gasteiger partial charge in [-0.3, -0.25) is 39.7 Å². The first-order valence-electron chi connectivity index (χ1n) is 10.9. The number of rotatable bonds is 12. The minimum atomic E-state index is -1.17. The summed E-state index contributed by atoms with van der Waals surface area (Å²) in [6.45, 7) is 3.30. The molecule has 3 unspecified atom stereocenters. The Kier molecular flexibility index (Phi) is 14.5. The molecule has 0 aromatic rings. The maximum atomic E-state index is 11.7. The van der Waals surface area contributed by atoms with E-state index in [0.717, 1.165) is 0 Å². The SMILES string of the molecule is CC(COO)N1CCN(C(CO)COO)CCN(CC(=O)O)CCN(C(CO)C(=O)O)CC1. The van der Waals surface area contributed by atoms with Crippen LogP contribution >= 0.6 is 0 Å². The lowest BCUT2D eigenvalue weighted by molar-refractivity contribution is -0.254. The highest BCUT2D eigenvalue weighted by atomic mass is 17.1. The molecule has 1 saturated heterocycles. The van der Waals surface area contributed by atoms with Crippen molar-refractivity contribution in [2.24, 2.45) is 0 Å². The molecule has 194 valence electrons. The van der Waals surface area contributed by atoms with E-state index in [2.05, 4.69) is 9.78 Å². The molecule has 0 aliphatic carbocycles. The molecular formula is C19H38N4O10. The van der Waals surface area contributed by atoms with Crippen LogP contribution in [0.4, 0.5) is 0 Å². The van der Waals surface area contributed by atoms with Crippen LogP contribution in [0.15, 0.2) is 0 Å². The maximum absolute atomic E-state index is 11.7. The zero-order chi connectivity index (χ0) is 24.8. The van der Waals surface area contributed by atoms with Crippen LogP contribution in [0.3, 0.4) is 0 Å². The molecular weight excluding hydrogens is 444 g/mol. The first-order valence-corrected chi connectivity index (χ1v) is 10.9. The lowest BCUT2D eigenvalue weighted by Crippen LogP contribution is -2.54. The molecule has 14 nitrogen and oxygen atoms in total. The molecule has 0 bridgehead atoms. The number of aliphatic hydroxyl groups is 2. The van der Waals surface area contributed by atoms with Crippen LogP contribution < -0.4 is 0 Å². The lowest BCUT2D eigenvalue weighted by Gasteiger charge is -2.38. The van der Waals surface area contributed by atoms with Crippen LogP contribution in [-0.4, -0.2) is 166 Å². The summed E-state index contributed by atoms with van der Waals surface area (Å²) in [5.41, 5.74) is 0. The summed E-state index contributed by atoms with van der Waals surface area (Å²) in [7, 11) is 0. The summed E-state index contributed by atoms with van der Waals surface area (Å²) >= 11 is 0. The van der Waals surface area contributed by atoms with Gasteiger partial charge in [-0.2, -0.15) is 0 Å². The van der Waals surface area contributed by atoms with E-state index in [4.69, 9.17) is 10.5 Å². The van der Waals surface area contributed by atoms with E-state index in [0.29, 0.717) is 32.7 Å². The molecule has 0 radical (unpaired) electrons. The Bertz CT molecular complexity index is 573. The second kappa shape index (κ2) is 16.2. The summed E-state index contributed by atoms with van der Waals surface area (Å²) in [5, 5.41) is 55.9. The Morgan fingerprint density at radius 1 is 0.788 bits per heavy atom. The van der Waals surface area contributed by atoms with Gasteiger partial charge in [0.2, 0.25) is 0 Å². The summed E-state index contributed by atoms with van der Waals surface area (Å²) in [5.74, 6) is -2.20. The molecule has 1 fully saturated rings. The number of aliphatic hydroxyl groups excluding tert-OH is 2. The van der Waals surface area contributed by atoms with Crippen molar-refractivity contribution in [3.05, 3.63) is 0 Å². The maximum Gasteiger partial charge on any atom is 0.323 e. The van der Waals surface area contributed by atoms with Crippen molar-refractivity contribution in [1.29, 1.82) is 0 Å². The first kappa shape index (κ1) is 29.6. The molecule has 0 amide bonds. The highest BCUT2D eigenvalue weighted by molar-refractivity contribution is 5.73. The first-order chi connectivity index (χ1) is 15.8. The fraction of sp³-hybridized carbons (Fsp3) is 0.895. The second-order valence-corrected chi connectivity index (χ2v) is 8.09. The Morgan fingerprint density at radius 2 is 1.30 bits per heavy atom. The average molecular weight is 483 g/mol. The van der Waals surface area contributed by atoms with Crippen molar-refractivity contribution in [2.45, 2.75) is 25.0 Å². The predicted octanol–water partition coefficient (Wildman–Crippen LogP) is -2.53. The van der Waals surface area contributed by atoms with Gasteiger partial charge < -0.3 is 20.4 Å². The number of hydrogen-bond donors (Lipinski definition) is 6. The molecule has 1 heterocycles. The summed E-state index contributed by atoms with van der Waals surface area (Å²) in [6.07, 6.45) is 0. The molecule has 1 rings (SSSR count). The van der Waals surface area contributed by atoms with E-state index >= 15 is 0 Å². The van der Waals surface area contributed by atoms with Crippen LogP contribution in [0, 0.1) is 0 Å². The zero-order valence-electron chi connectivity index (χ0n) is 19.0. The van der Waals surface area contributed by atoms with E-state index in [9.17, 15) is 30.0 Å². The molecule has 6 N–H and O–H groups in total. The van der Waals surface area contributed by atoms with Crippen molar-refractivity contribution < 1.29 is 50.3 Å². The molecule has 0 aromatic carbocycles. The third-order valence-electron chi connectivity index (χ3n) is 5.95. The highest BCUT2D eigenvalue weighted by Gasteiger charge is 2.28. The Balaban J connectivity index is 3.15. The van der Waals surface area contributed by atoms with Gasteiger partial charge in [0.25, 0.3) is 0 Å². The van der Waals surface area contributed by atoms with Crippen molar-refractivity contribution >= 4 is 11.9 Å². The van der Waals surface area contributed by atoms with Crippen LogP contribution in [-0.2, 0) is 19.4 Å². The highest BCUT2D eigenvalue weighted by Crippen LogP contribution is 2.09. The summed E-state index contributed by atoms with van der Waals surface area (Å²) in [6, 6.07) is -1.87. The monoisotopic (exact) mass is 482 g/mol.